The monoisotopic (exact) mass is 202 g/mol. The van der Waals surface area contributed by atoms with Crippen LogP contribution in [-0.2, 0) is 11.3 Å². The molecule has 72 valence electrons. The standard InChI is InChI=1S/C8H11ClN2O2/c1-5-7(6(2)13-11-5)4-10-8(12)3-9/h3-4H2,1-2H3,(H,10,12). The van der Waals surface area contributed by atoms with Crippen LogP contribution in [0.3, 0.4) is 0 Å². The van der Waals surface area contributed by atoms with E-state index < -0.39 is 0 Å². The van der Waals surface area contributed by atoms with E-state index in [0.29, 0.717) is 6.54 Å². The first-order chi connectivity index (χ1) is 6.15. The van der Waals surface area contributed by atoms with E-state index in [1.165, 1.54) is 0 Å². The molecule has 1 rings (SSSR count). The van der Waals surface area contributed by atoms with E-state index in [-0.39, 0.29) is 11.8 Å². The van der Waals surface area contributed by atoms with Gasteiger partial charge in [0, 0.05) is 12.1 Å². The Labute approximate surface area is 81.2 Å². The van der Waals surface area contributed by atoms with E-state index in [1.54, 1.807) is 0 Å². The average molecular weight is 203 g/mol. The molecule has 0 spiro atoms. The third-order valence-electron chi connectivity index (χ3n) is 1.76. The highest BCUT2D eigenvalue weighted by atomic mass is 35.5. The van der Waals surface area contributed by atoms with Gasteiger partial charge in [-0.05, 0) is 13.8 Å². The lowest BCUT2D eigenvalue weighted by atomic mass is 10.2. The fourth-order valence-electron chi connectivity index (χ4n) is 0.988. The third kappa shape index (κ3) is 2.45. The lowest BCUT2D eigenvalue weighted by molar-refractivity contribution is -0.118. The van der Waals surface area contributed by atoms with Crippen molar-refractivity contribution < 1.29 is 9.32 Å². The summed E-state index contributed by atoms with van der Waals surface area (Å²) in [5, 5.41) is 6.41. The second-order valence-electron chi connectivity index (χ2n) is 2.71. The van der Waals surface area contributed by atoms with Crippen LogP contribution >= 0.6 is 11.6 Å². The first kappa shape index (κ1) is 10.1. The molecule has 0 saturated heterocycles. The number of hydrogen-bond donors (Lipinski definition) is 1. The summed E-state index contributed by atoms with van der Waals surface area (Å²) in [6.45, 7) is 4.06. The summed E-state index contributed by atoms with van der Waals surface area (Å²) in [5.74, 6) is 0.512. The predicted molar refractivity (Wildman–Crippen MR) is 48.5 cm³/mol. The van der Waals surface area contributed by atoms with Crippen molar-refractivity contribution in [1.82, 2.24) is 10.5 Å². The quantitative estimate of drug-likeness (QED) is 0.748. The Hall–Kier alpha value is -1.03. The van der Waals surface area contributed by atoms with Crippen molar-refractivity contribution in [2.75, 3.05) is 5.88 Å². The zero-order valence-corrected chi connectivity index (χ0v) is 8.31. The minimum Gasteiger partial charge on any atom is -0.361 e. The highest BCUT2D eigenvalue weighted by molar-refractivity contribution is 6.27. The molecule has 1 N–H and O–H groups in total. The maximum absolute atomic E-state index is 10.8. The molecule has 1 aromatic heterocycles. The number of carbonyl (C=O) groups excluding carboxylic acids is 1. The van der Waals surface area contributed by atoms with E-state index >= 15 is 0 Å². The van der Waals surface area contributed by atoms with Crippen LogP contribution < -0.4 is 5.32 Å². The molecule has 0 radical (unpaired) electrons. The van der Waals surface area contributed by atoms with Gasteiger partial charge in [-0.1, -0.05) is 5.16 Å². The number of halogens is 1. The lowest BCUT2D eigenvalue weighted by Crippen LogP contribution is -2.24. The molecular weight excluding hydrogens is 192 g/mol. The fourth-order valence-corrected chi connectivity index (χ4v) is 1.08. The number of hydrogen-bond acceptors (Lipinski definition) is 3. The number of alkyl halides is 1. The Kier molecular flexibility index (Phi) is 3.31. The first-order valence-electron chi connectivity index (χ1n) is 3.89. The van der Waals surface area contributed by atoms with Crippen molar-refractivity contribution in [2.45, 2.75) is 20.4 Å². The molecule has 0 saturated carbocycles. The number of rotatable bonds is 3. The Morgan fingerprint density at radius 1 is 1.62 bits per heavy atom. The van der Waals surface area contributed by atoms with Gasteiger partial charge in [0.05, 0.1) is 5.69 Å². The predicted octanol–water partition coefficient (Wildman–Crippen LogP) is 1.15. The average Bonchev–Trinajstić information content (AvgIpc) is 2.43. The summed E-state index contributed by atoms with van der Waals surface area (Å²) in [4.78, 5) is 10.8. The van der Waals surface area contributed by atoms with E-state index in [2.05, 4.69) is 10.5 Å². The van der Waals surface area contributed by atoms with Crippen LogP contribution in [0, 0.1) is 13.8 Å². The van der Waals surface area contributed by atoms with Crippen molar-refractivity contribution in [2.24, 2.45) is 0 Å². The molecule has 13 heavy (non-hydrogen) atoms. The SMILES string of the molecule is Cc1noc(C)c1CNC(=O)CCl. The topological polar surface area (TPSA) is 55.1 Å². The highest BCUT2D eigenvalue weighted by Gasteiger charge is 2.09. The number of carbonyl (C=O) groups is 1. The molecule has 1 aromatic rings. The van der Waals surface area contributed by atoms with Crippen molar-refractivity contribution in [1.29, 1.82) is 0 Å². The first-order valence-corrected chi connectivity index (χ1v) is 4.43. The smallest absolute Gasteiger partial charge is 0.235 e. The van der Waals surface area contributed by atoms with Gasteiger partial charge in [-0.3, -0.25) is 4.79 Å². The second-order valence-corrected chi connectivity index (χ2v) is 2.98. The van der Waals surface area contributed by atoms with Gasteiger partial charge in [-0.25, -0.2) is 0 Å². The van der Waals surface area contributed by atoms with Gasteiger partial charge < -0.3 is 9.84 Å². The number of aromatic nitrogens is 1. The fraction of sp³-hybridized carbons (Fsp3) is 0.500. The zero-order chi connectivity index (χ0) is 9.84. The Balaban J connectivity index is 2.58. The van der Waals surface area contributed by atoms with Gasteiger partial charge in [0.15, 0.2) is 0 Å². The summed E-state index contributed by atoms with van der Waals surface area (Å²) >= 11 is 5.32. The number of amides is 1. The Morgan fingerprint density at radius 3 is 2.77 bits per heavy atom. The van der Waals surface area contributed by atoms with Crippen LogP contribution in [0.25, 0.3) is 0 Å². The van der Waals surface area contributed by atoms with Gasteiger partial charge in [-0.15, -0.1) is 11.6 Å². The van der Waals surface area contributed by atoms with Gasteiger partial charge >= 0.3 is 0 Å². The molecule has 0 unspecified atom stereocenters. The Bertz CT molecular complexity index is 290. The summed E-state index contributed by atoms with van der Waals surface area (Å²) in [6.07, 6.45) is 0. The van der Waals surface area contributed by atoms with Gasteiger partial charge in [-0.2, -0.15) is 0 Å². The zero-order valence-electron chi connectivity index (χ0n) is 7.56. The molecule has 5 heteroatoms. The Morgan fingerprint density at radius 2 is 2.31 bits per heavy atom. The molecule has 0 fully saturated rings. The molecule has 0 atom stereocenters. The summed E-state index contributed by atoms with van der Waals surface area (Å²) in [6, 6.07) is 0. The van der Waals surface area contributed by atoms with Gasteiger partial charge in [0.2, 0.25) is 5.91 Å². The molecule has 1 heterocycles. The van der Waals surface area contributed by atoms with E-state index in [4.69, 9.17) is 16.1 Å². The molecule has 0 aliphatic rings. The molecule has 0 aliphatic heterocycles. The summed E-state index contributed by atoms with van der Waals surface area (Å²) in [5.41, 5.74) is 1.71. The van der Waals surface area contributed by atoms with Crippen LogP contribution in [0.2, 0.25) is 0 Å². The van der Waals surface area contributed by atoms with E-state index in [0.717, 1.165) is 17.0 Å². The summed E-state index contributed by atoms with van der Waals surface area (Å²) < 4.78 is 4.93. The van der Waals surface area contributed by atoms with Crippen LogP contribution in [0.15, 0.2) is 4.52 Å². The number of nitrogens with one attached hydrogen (secondary N) is 1. The highest BCUT2D eigenvalue weighted by Crippen LogP contribution is 2.11. The number of aryl methyl sites for hydroxylation is 2. The van der Waals surface area contributed by atoms with Crippen molar-refractivity contribution >= 4 is 17.5 Å². The number of nitrogens with zero attached hydrogens (tertiary/aromatic N) is 1. The van der Waals surface area contributed by atoms with E-state index in [9.17, 15) is 4.79 Å². The third-order valence-corrected chi connectivity index (χ3v) is 2.01. The van der Waals surface area contributed by atoms with E-state index in [1.807, 2.05) is 13.8 Å². The minimum absolute atomic E-state index is 0.0244. The van der Waals surface area contributed by atoms with Crippen molar-refractivity contribution in [3.8, 4) is 0 Å². The van der Waals surface area contributed by atoms with Gasteiger partial charge in [0.25, 0.3) is 0 Å². The maximum Gasteiger partial charge on any atom is 0.235 e. The summed E-state index contributed by atoms with van der Waals surface area (Å²) in [7, 11) is 0. The molecule has 0 aromatic carbocycles. The molecule has 0 aliphatic carbocycles. The largest absolute Gasteiger partial charge is 0.361 e. The van der Waals surface area contributed by atoms with Gasteiger partial charge in [0.1, 0.15) is 11.6 Å². The van der Waals surface area contributed by atoms with Crippen molar-refractivity contribution in [3.05, 3.63) is 17.0 Å². The van der Waals surface area contributed by atoms with Crippen LogP contribution in [0.1, 0.15) is 17.0 Å². The molecule has 0 bridgehead atoms. The maximum atomic E-state index is 10.8. The molecular formula is C8H11ClN2O2. The minimum atomic E-state index is -0.193. The molecule has 4 nitrogen and oxygen atoms in total. The van der Waals surface area contributed by atoms with Crippen LogP contribution in [0.4, 0.5) is 0 Å². The van der Waals surface area contributed by atoms with Crippen LogP contribution in [-0.4, -0.2) is 16.9 Å². The lowest BCUT2D eigenvalue weighted by Gasteiger charge is -2.01. The molecule has 1 amide bonds. The van der Waals surface area contributed by atoms with Crippen LogP contribution in [0.5, 0.6) is 0 Å². The normalized spacial score (nSPS) is 10.1. The van der Waals surface area contributed by atoms with Crippen molar-refractivity contribution in [3.63, 3.8) is 0 Å². The second kappa shape index (κ2) is 4.28.